The lowest BCUT2D eigenvalue weighted by atomic mass is 10.2. The molecule has 4 heteroatoms. The third kappa shape index (κ3) is 3.25. The van der Waals surface area contributed by atoms with Crippen molar-refractivity contribution in [3.63, 3.8) is 0 Å². The molecule has 0 spiro atoms. The summed E-state index contributed by atoms with van der Waals surface area (Å²) in [5.74, 6) is 0.846. The molecule has 80 valence electrons. The van der Waals surface area contributed by atoms with Gasteiger partial charge in [-0.25, -0.2) is 0 Å². The zero-order chi connectivity index (χ0) is 10.5. The van der Waals surface area contributed by atoms with E-state index in [9.17, 15) is 4.79 Å². The quantitative estimate of drug-likeness (QED) is 0.551. The summed E-state index contributed by atoms with van der Waals surface area (Å²) in [7, 11) is 0. The van der Waals surface area contributed by atoms with Crippen molar-refractivity contribution < 1.29 is 14.3 Å². The highest BCUT2D eigenvalue weighted by atomic mass is 16.5. The van der Waals surface area contributed by atoms with Crippen LogP contribution in [-0.4, -0.2) is 25.7 Å². The SMILES string of the molecule is O=COCc1ccc(OCC2CN2)cc1. The Morgan fingerprint density at radius 1 is 1.40 bits per heavy atom. The maximum atomic E-state index is 9.98. The van der Waals surface area contributed by atoms with Crippen molar-refractivity contribution in [1.82, 2.24) is 5.32 Å². The Labute approximate surface area is 88.2 Å². The van der Waals surface area contributed by atoms with Gasteiger partial charge in [-0.15, -0.1) is 0 Å². The summed E-state index contributed by atoms with van der Waals surface area (Å²) in [6, 6.07) is 8.05. The molecule has 0 saturated carbocycles. The van der Waals surface area contributed by atoms with E-state index in [4.69, 9.17) is 4.74 Å². The van der Waals surface area contributed by atoms with Crippen LogP contribution >= 0.6 is 0 Å². The second-order valence-electron chi connectivity index (χ2n) is 3.47. The Hall–Kier alpha value is -1.55. The average Bonchev–Trinajstić information content (AvgIpc) is 3.09. The molecule has 0 aliphatic carbocycles. The van der Waals surface area contributed by atoms with Gasteiger partial charge in [-0.1, -0.05) is 12.1 Å². The zero-order valence-corrected chi connectivity index (χ0v) is 8.31. The fourth-order valence-corrected chi connectivity index (χ4v) is 1.21. The fourth-order valence-electron chi connectivity index (χ4n) is 1.21. The molecule has 1 unspecified atom stereocenters. The Morgan fingerprint density at radius 3 is 2.73 bits per heavy atom. The predicted octanol–water partition coefficient (Wildman–Crippen LogP) is 0.710. The van der Waals surface area contributed by atoms with Crippen LogP contribution in [0.2, 0.25) is 0 Å². The molecule has 0 radical (unpaired) electrons. The monoisotopic (exact) mass is 207 g/mol. The van der Waals surface area contributed by atoms with Gasteiger partial charge in [-0.05, 0) is 17.7 Å². The highest BCUT2D eigenvalue weighted by Crippen LogP contribution is 2.13. The topological polar surface area (TPSA) is 57.5 Å². The molecule has 1 aromatic rings. The number of nitrogens with one attached hydrogen (secondary N) is 1. The molecule has 1 aromatic carbocycles. The lowest BCUT2D eigenvalue weighted by Crippen LogP contribution is -2.06. The second-order valence-corrected chi connectivity index (χ2v) is 3.47. The maximum absolute atomic E-state index is 9.98. The zero-order valence-electron chi connectivity index (χ0n) is 8.31. The van der Waals surface area contributed by atoms with Crippen LogP contribution in [0.3, 0.4) is 0 Å². The number of hydrogen-bond donors (Lipinski definition) is 1. The molecule has 0 aromatic heterocycles. The van der Waals surface area contributed by atoms with Gasteiger partial charge in [-0.2, -0.15) is 0 Å². The minimum absolute atomic E-state index is 0.313. The highest BCUT2D eigenvalue weighted by Gasteiger charge is 2.20. The predicted molar refractivity (Wildman–Crippen MR) is 54.6 cm³/mol. The summed E-state index contributed by atoms with van der Waals surface area (Å²) in [6.07, 6.45) is 0. The first-order chi connectivity index (χ1) is 7.38. The summed E-state index contributed by atoms with van der Waals surface area (Å²) in [4.78, 5) is 9.98. The summed E-state index contributed by atoms with van der Waals surface area (Å²) in [5, 5.41) is 3.16. The third-order valence-corrected chi connectivity index (χ3v) is 2.19. The first kappa shape index (κ1) is 9.98. The molecule has 15 heavy (non-hydrogen) atoms. The number of benzene rings is 1. The van der Waals surface area contributed by atoms with Crippen LogP contribution in [0, 0.1) is 0 Å². The van der Waals surface area contributed by atoms with Crippen molar-refractivity contribution >= 4 is 6.47 Å². The van der Waals surface area contributed by atoms with Crippen molar-refractivity contribution in [2.24, 2.45) is 0 Å². The van der Waals surface area contributed by atoms with Crippen molar-refractivity contribution in [1.29, 1.82) is 0 Å². The molecular formula is C11H13NO3. The van der Waals surface area contributed by atoms with Gasteiger partial charge in [0.1, 0.15) is 19.0 Å². The van der Waals surface area contributed by atoms with Crippen LogP contribution in [0.5, 0.6) is 5.75 Å². The van der Waals surface area contributed by atoms with Gasteiger partial charge < -0.3 is 14.8 Å². The Balaban J connectivity index is 1.82. The minimum atomic E-state index is 0.313. The van der Waals surface area contributed by atoms with Gasteiger partial charge in [-0.3, -0.25) is 4.79 Å². The van der Waals surface area contributed by atoms with E-state index in [1.54, 1.807) is 0 Å². The van der Waals surface area contributed by atoms with Crippen LogP contribution in [-0.2, 0) is 16.1 Å². The van der Waals surface area contributed by atoms with Gasteiger partial charge in [0.2, 0.25) is 0 Å². The van der Waals surface area contributed by atoms with E-state index in [2.05, 4.69) is 10.1 Å². The number of hydrogen-bond acceptors (Lipinski definition) is 4. The van der Waals surface area contributed by atoms with Gasteiger partial charge >= 0.3 is 0 Å². The maximum Gasteiger partial charge on any atom is 0.293 e. The fraction of sp³-hybridized carbons (Fsp3) is 0.364. The molecule has 1 saturated heterocycles. The number of ether oxygens (including phenoxy) is 2. The Kier molecular flexibility index (Phi) is 3.19. The van der Waals surface area contributed by atoms with E-state index in [0.717, 1.165) is 17.9 Å². The lowest BCUT2D eigenvalue weighted by Gasteiger charge is -2.05. The van der Waals surface area contributed by atoms with Crippen LogP contribution in [0.15, 0.2) is 24.3 Å². The summed E-state index contributed by atoms with van der Waals surface area (Å²) >= 11 is 0. The normalized spacial score (nSPS) is 18.3. The third-order valence-electron chi connectivity index (χ3n) is 2.19. The van der Waals surface area contributed by atoms with Crippen LogP contribution in [0.4, 0.5) is 0 Å². The van der Waals surface area contributed by atoms with E-state index >= 15 is 0 Å². The first-order valence-corrected chi connectivity index (χ1v) is 4.89. The molecule has 0 amide bonds. The Morgan fingerprint density at radius 2 is 2.13 bits per heavy atom. The van der Waals surface area contributed by atoms with E-state index in [1.165, 1.54) is 0 Å². The lowest BCUT2D eigenvalue weighted by molar-refractivity contribution is -0.129. The molecule has 1 N–H and O–H groups in total. The first-order valence-electron chi connectivity index (χ1n) is 4.89. The number of carbonyl (C=O) groups is 1. The minimum Gasteiger partial charge on any atom is -0.492 e. The van der Waals surface area contributed by atoms with Gasteiger partial charge in [0.15, 0.2) is 0 Å². The van der Waals surface area contributed by atoms with Gasteiger partial charge in [0.25, 0.3) is 6.47 Å². The van der Waals surface area contributed by atoms with Crippen LogP contribution in [0.1, 0.15) is 5.56 Å². The summed E-state index contributed by atoms with van der Waals surface area (Å²) in [6.45, 7) is 2.52. The number of rotatable bonds is 6. The average molecular weight is 207 g/mol. The second kappa shape index (κ2) is 4.79. The van der Waals surface area contributed by atoms with E-state index in [0.29, 0.717) is 25.7 Å². The highest BCUT2D eigenvalue weighted by molar-refractivity contribution is 5.37. The molecular weight excluding hydrogens is 194 g/mol. The summed E-state index contributed by atoms with van der Waals surface area (Å²) in [5.41, 5.74) is 0.957. The molecule has 1 atom stereocenters. The van der Waals surface area contributed by atoms with Gasteiger partial charge in [0.05, 0.1) is 6.04 Å². The molecule has 4 nitrogen and oxygen atoms in total. The number of carbonyl (C=O) groups excluding carboxylic acids is 1. The smallest absolute Gasteiger partial charge is 0.293 e. The van der Waals surface area contributed by atoms with Gasteiger partial charge in [0, 0.05) is 6.54 Å². The van der Waals surface area contributed by atoms with Crippen molar-refractivity contribution in [3.05, 3.63) is 29.8 Å². The van der Waals surface area contributed by atoms with Crippen LogP contribution in [0.25, 0.3) is 0 Å². The molecule has 1 aliphatic heterocycles. The van der Waals surface area contributed by atoms with E-state index < -0.39 is 0 Å². The summed E-state index contributed by atoms with van der Waals surface area (Å²) < 4.78 is 10.2. The van der Waals surface area contributed by atoms with Crippen molar-refractivity contribution in [2.75, 3.05) is 13.2 Å². The largest absolute Gasteiger partial charge is 0.492 e. The molecule has 0 bridgehead atoms. The van der Waals surface area contributed by atoms with E-state index in [-0.39, 0.29) is 0 Å². The molecule has 1 aliphatic rings. The molecule has 2 rings (SSSR count). The van der Waals surface area contributed by atoms with Crippen molar-refractivity contribution in [2.45, 2.75) is 12.6 Å². The standard InChI is InChI=1S/C11H13NO3/c13-8-14-6-9-1-3-11(4-2-9)15-7-10-5-12-10/h1-4,8,10,12H,5-7H2. The van der Waals surface area contributed by atoms with E-state index in [1.807, 2.05) is 24.3 Å². The van der Waals surface area contributed by atoms with Crippen LogP contribution < -0.4 is 10.1 Å². The molecule has 1 heterocycles. The van der Waals surface area contributed by atoms with Crippen molar-refractivity contribution in [3.8, 4) is 5.75 Å². The molecule has 1 fully saturated rings. The Bertz CT molecular complexity index is 319.